The van der Waals surface area contributed by atoms with Gasteiger partial charge in [0.15, 0.2) is 0 Å². The second-order valence-corrected chi connectivity index (χ2v) is 3.92. The summed E-state index contributed by atoms with van der Waals surface area (Å²) in [5, 5.41) is 0. The molecule has 1 atom stereocenters. The van der Waals surface area contributed by atoms with Crippen molar-refractivity contribution in [3.05, 3.63) is 0 Å². The quantitative estimate of drug-likeness (QED) is 0.409. The molecule has 3 heteroatoms. The van der Waals surface area contributed by atoms with E-state index in [4.69, 9.17) is 0 Å². The van der Waals surface area contributed by atoms with Gasteiger partial charge >= 0.3 is 11.9 Å². The average molecular weight is 170 g/mol. The van der Waals surface area contributed by atoms with Crippen LogP contribution in [0.4, 0.5) is 0 Å². The zero-order valence-electron chi connectivity index (χ0n) is 7.72. The van der Waals surface area contributed by atoms with Crippen molar-refractivity contribution in [1.82, 2.24) is 0 Å². The molecule has 0 radical (unpaired) electrons. The minimum atomic E-state index is -0.522. The number of carbonyl (C=O) groups is 2. The first-order valence-corrected chi connectivity index (χ1v) is 4.19. The summed E-state index contributed by atoms with van der Waals surface area (Å²) >= 11 is 0. The summed E-state index contributed by atoms with van der Waals surface area (Å²) in [6, 6.07) is 0. The molecular formula is C9H14O3. The number of ether oxygens (including phenoxy) is 1. The van der Waals surface area contributed by atoms with Crippen LogP contribution in [0.2, 0.25) is 0 Å². The van der Waals surface area contributed by atoms with Gasteiger partial charge in [0.1, 0.15) is 0 Å². The lowest BCUT2D eigenvalue weighted by Crippen LogP contribution is -2.31. The van der Waals surface area contributed by atoms with Crippen LogP contribution in [0.1, 0.15) is 33.6 Å². The van der Waals surface area contributed by atoms with Crippen molar-refractivity contribution in [3.63, 3.8) is 0 Å². The topological polar surface area (TPSA) is 43.4 Å². The van der Waals surface area contributed by atoms with Crippen molar-refractivity contribution in [1.29, 1.82) is 0 Å². The van der Waals surface area contributed by atoms with Gasteiger partial charge in [-0.25, -0.2) is 0 Å². The van der Waals surface area contributed by atoms with Gasteiger partial charge in [-0.1, -0.05) is 6.92 Å². The molecule has 0 bridgehead atoms. The number of hydrogen-bond acceptors (Lipinski definition) is 3. The summed E-state index contributed by atoms with van der Waals surface area (Å²) < 4.78 is 4.62. The third-order valence-electron chi connectivity index (χ3n) is 2.75. The zero-order chi connectivity index (χ0) is 9.35. The van der Waals surface area contributed by atoms with Crippen molar-refractivity contribution < 1.29 is 14.3 Å². The fraction of sp³-hybridized carbons (Fsp3) is 0.778. The molecule has 1 fully saturated rings. The zero-order valence-corrected chi connectivity index (χ0v) is 7.72. The highest BCUT2D eigenvalue weighted by Gasteiger charge is 2.39. The molecule has 0 amide bonds. The molecule has 68 valence electrons. The molecule has 12 heavy (non-hydrogen) atoms. The molecule has 3 nitrogen and oxygen atoms in total. The maximum Gasteiger partial charge on any atom is 0.319 e. The van der Waals surface area contributed by atoms with E-state index in [1.165, 1.54) is 0 Å². The van der Waals surface area contributed by atoms with Gasteiger partial charge in [0.05, 0.1) is 5.41 Å². The molecule has 1 rings (SSSR count). The minimum absolute atomic E-state index is 0.205. The van der Waals surface area contributed by atoms with Gasteiger partial charge in [-0.15, -0.1) is 0 Å². The summed E-state index contributed by atoms with van der Waals surface area (Å²) in [4.78, 5) is 22.2. The maximum absolute atomic E-state index is 11.3. The lowest BCUT2D eigenvalue weighted by Gasteiger charge is -2.25. The highest BCUT2D eigenvalue weighted by Crippen LogP contribution is 2.33. The highest BCUT2D eigenvalue weighted by molar-refractivity contribution is 5.89. The van der Waals surface area contributed by atoms with Crippen LogP contribution in [0.25, 0.3) is 0 Å². The fourth-order valence-corrected chi connectivity index (χ4v) is 1.18. The Morgan fingerprint density at radius 2 is 2.00 bits per heavy atom. The van der Waals surface area contributed by atoms with E-state index in [1.54, 1.807) is 0 Å². The van der Waals surface area contributed by atoms with Gasteiger partial charge in [0, 0.05) is 6.42 Å². The van der Waals surface area contributed by atoms with E-state index in [2.05, 4.69) is 4.74 Å². The molecule has 0 spiro atoms. The van der Waals surface area contributed by atoms with Crippen molar-refractivity contribution >= 4 is 11.9 Å². The molecule has 0 aromatic heterocycles. The van der Waals surface area contributed by atoms with Crippen LogP contribution < -0.4 is 0 Å². The molecule has 1 saturated heterocycles. The van der Waals surface area contributed by atoms with Crippen LogP contribution in [0.15, 0.2) is 0 Å². The van der Waals surface area contributed by atoms with Gasteiger partial charge in [-0.05, 0) is 26.2 Å². The molecule has 0 aliphatic carbocycles. The molecule has 0 aromatic carbocycles. The normalized spacial score (nSPS) is 29.4. The van der Waals surface area contributed by atoms with E-state index in [-0.39, 0.29) is 5.92 Å². The van der Waals surface area contributed by atoms with Gasteiger partial charge < -0.3 is 4.74 Å². The predicted octanol–water partition coefficient (Wildman–Crippen LogP) is 1.51. The van der Waals surface area contributed by atoms with Crippen molar-refractivity contribution in [2.75, 3.05) is 0 Å². The van der Waals surface area contributed by atoms with Gasteiger partial charge in [-0.2, -0.15) is 0 Å². The lowest BCUT2D eigenvalue weighted by atomic mass is 9.78. The number of esters is 2. The summed E-state index contributed by atoms with van der Waals surface area (Å²) in [6.45, 7) is 5.61. The van der Waals surface area contributed by atoms with Gasteiger partial charge in [-0.3, -0.25) is 9.59 Å². The van der Waals surface area contributed by atoms with Gasteiger partial charge in [0.25, 0.3) is 0 Å². The smallest absolute Gasteiger partial charge is 0.319 e. The number of hydrogen-bond donors (Lipinski definition) is 0. The Labute approximate surface area is 72.1 Å². The Kier molecular flexibility index (Phi) is 2.22. The van der Waals surface area contributed by atoms with Crippen LogP contribution in [-0.4, -0.2) is 11.9 Å². The minimum Gasteiger partial charge on any atom is -0.393 e. The van der Waals surface area contributed by atoms with Crippen LogP contribution in [-0.2, 0) is 14.3 Å². The van der Waals surface area contributed by atoms with Crippen LogP contribution in [0.3, 0.4) is 0 Å². The molecule has 0 aromatic rings. The third-order valence-corrected chi connectivity index (χ3v) is 2.75. The van der Waals surface area contributed by atoms with Crippen molar-refractivity contribution in [2.24, 2.45) is 11.3 Å². The van der Waals surface area contributed by atoms with E-state index < -0.39 is 17.4 Å². The Morgan fingerprint density at radius 3 is 2.58 bits per heavy atom. The van der Waals surface area contributed by atoms with E-state index in [0.717, 1.165) is 6.42 Å². The predicted molar refractivity (Wildman–Crippen MR) is 43.3 cm³/mol. The average Bonchev–Trinajstić information content (AvgIpc) is 2.04. The first kappa shape index (κ1) is 9.23. The Morgan fingerprint density at radius 1 is 1.42 bits per heavy atom. The van der Waals surface area contributed by atoms with E-state index >= 15 is 0 Å². The van der Waals surface area contributed by atoms with E-state index in [9.17, 15) is 9.59 Å². The fourth-order valence-electron chi connectivity index (χ4n) is 1.18. The number of carbonyl (C=O) groups excluding carboxylic acids is 2. The van der Waals surface area contributed by atoms with Crippen LogP contribution in [0, 0.1) is 11.3 Å². The molecule has 1 heterocycles. The Balaban J connectivity index is 2.86. The lowest BCUT2D eigenvalue weighted by molar-refractivity contribution is -0.165. The molecule has 1 aliphatic heterocycles. The Hall–Kier alpha value is -0.860. The molecular weight excluding hydrogens is 156 g/mol. The number of rotatable bonds is 0. The van der Waals surface area contributed by atoms with Crippen LogP contribution in [0.5, 0.6) is 0 Å². The third kappa shape index (κ3) is 1.49. The van der Waals surface area contributed by atoms with Crippen molar-refractivity contribution in [3.8, 4) is 0 Å². The second kappa shape index (κ2) is 2.88. The highest BCUT2D eigenvalue weighted by atomic mass is 16.6. The molecule has 0 unspecified atom stereocenters. The first-order chi connectivity index (χ1) is 5.44. The number of cyclic esters (lactones) is 2. The Bertz CT molecular complexity index is 218. The van der Waals surface area contributed by atoms with E-state index in [0.29, 0.717) is 6.42 Å². The second-order valence-electron chi connectivity index (χ2n) is 3.92. The monoisotopic (exact) mass is 170 g/mol. The molecule has 0 saturated carbocycles. The maximum atomic E-state index is 11.3. The van der Waals surface area contributed by atoms with Crippen LogP contribution >= 0.6 is 0 Å². The molecule has 0 N–H and O–H groups in total. The van der Waals surface area contributed by atoms with Gasteiger partial charge in [0.2, 0.25) is 0 Å². The summed E-state index contributed by atoms with van der Waals surface area (Å²) in [5.41, 5.74) is -0.522. The first-order valence-electron chi connectivity index (χ1n) is 4.19. The molecule has 1 aliphatic rings. The summed E-state index contributed by atoms with van der Waals surface area (Å²) in [5.74, 6) is -0.577. The standard InChI is InChI=1S/C9H14O3/c1-6-4-5-7(10)12-8(11)9(6,2)3/h6H,4-5H2,1-3H3/t6-/m0/s1. The summed E-state index contributed by atoms with van der Waals surface area (Å²) in [7, 11) is 0. The van der Waals surface area contributed by atoms with E-state index in [1.807, 2.05) is 20.8 Å². The largest absolute Gasteiger partial charge is 0.393 e. The summed E-state index contributed by atoms with van der Waals surface area (Å²) in [6.07, 6.45) is 1.09. The van der Waals surface area contributed by atoms with Crippen molar-refractivity contribution in [2.45, 2.75) is 33.6 Å². The SMILES string of the molecule is C[C@H]1CCC(=O)OC(=O)C1(C)C.